The second-order valence-electron chi connectivity index (χ2n) is 4.39. The first-order chi connectivity index (χ1) is 7.78. The molecule has 0 aliphatic carbocycles. The van der Waals surface area contributed by atoms with E-state index in [2.05, 4.69) is 0 Å². The number of carbonyl (C=O) groups excluding carboxylic acids is 1. The molecule has 17 heavy (non-hydrogen) atoms. The summed E-state index contributed by atoms with van der Waals surface area (Å²) >= 11 is 11.8. The van der Waals surface area contributed by atoms with Crippen molar-refractivity contribution in [3.8, 4) is 0 Å². The second kappa shape index (κ2) is 5.25. The number of carbonyl (C=O) groups is 1. The third-order valence-corrected chi connectivity index (χ3v) is 3.17. The Balaban J connectivity index is 3.11. The molecule has 1 aromatic rings. The summed E-state index contributed by atoms with van der Waals surface area (Å²) in [5.41, 5.74) is 5.93. The summed E-state index contributed by atoms with van der Waals surface area (Å²) in [6.07, 6.45) is 0. The average Bonchev–Trinajstić information content (AvgIpc) is 2.25. The highest BCUT2D eigenvalue weighted by atomic mass is 35.5. The number of esters is 1. The summed E-state index contributed by atoms with van der Waals surface area (Å²) in [4.78, 5) is 11.6. The van der Waals surface area contributed by atoms with E-state index in [1.807, 2.05) is 0 Å². The predicted octanol–water partition coefficient (Wildman–Crippen LogP) is 3.19. The van der Waals surface area contributed by atoms with Crippen LogP contribution in [0.4, 0.5) is 0 Å². The molecule has 0 saturated carbocycles. The maximum Gasteiger partial charge on any atom is 0.313 e. The van der Waals surface area contributed by atoms with Crippen LogP contribution in [0.3, 0.4) is 0 Å². The lowest BCUT2D eigenvalue weighted by atomic mass is 9.81. The Bertz CT molecular complexity index is 412. The number of rotatable bonds is 3. The lowest BCUT2D eigenvalue weighted by molar-refractivity contribution is -0.152. The van der Waals surface area contributed by atoms with Gasteiger partial charge in [-0.2, -0.15) is 0 Å². The Morgan fingerprint density at radius 1 is 1.29 bits per heavy atom. The van der Waals surface area contributed by atoms with Crippen LogP contribution in [0.5, 0.6) is 0 Å². The minimum Gasteiger partial charge on any atom is -0.469 e. The molecular weight excluding hydrogens is 261 g/mol. The van der Waals surface area contributed by atoms with E-state index in [0.29, 0.717) is 15.6 Å². The van der Waals surface area contributed by atoms with Crippen LogP contribution in [0, 0.1) is 5.41 Å². The number of halogens is 2. The van der Waals surface area contributed by atoms with Crippen molar-refractivity contribution in [1.29, 1.82) is 0 Å². The zero-order chi connectivity index (χ0) is 13.2. The quantitative estimate of drug-likeness (QED) is 0.862. The molecule has 0 amide bonds. The minimum absolute atomic E-state index is 0.374. The standard InChI is InChI=1S/C12H15Cl2NO2/c1-12(2,11(16)17-3)10(15)7-4-8(13)6-9(14)5-7/h4-6,10H,15H2,1-3H3/t10-/m0/s1. The molecule has 94 valence electrons. The molecule has 2 N–H and O–H groups in total. The van der Waals surface area contributed by atoms with E-state index in [0.717, 1.165) is 0 Å². The van der Waals surface area contributed by atoms with E-state index in [1.54, 1.807) is 32.0 Å². The van der Waals surface area contributed by atoms with Gasteiger partial charge in [0.1, 0.15) is 0 Å². The normalized spacial score (nSPS) is 13.3. The van der Waals surface area contributed by atoms with Crippen LogP contribution in [-0.2, 0) is 9.53 Å². The van der Waals surface area contributed by atoms with E-state index in [1.165, 1.54) is 7.11 Å². The molecule has 3 nitrogen and oxygen atoms in total. The van der Waals surface area contributed by atoms with Gasteiger partial charge in [-0.15, -0.1) is 0 Å². The number of hydrogen-bond donors (Lipinski definition) is 1. The molecule has 0 aliphatic rings. The first-order valence-electron chi connectivity index (χ1n) is 5.09. The molecular formula is C12H15Cl2NO2. The van der Waals surface area contributed by atoms with Crippen LogP contribution in [0.2, 0.25) is 10.0 Å². The third kappa shape index (κ3) is 3.12. The molecule has 1 atom stereocenters. The largest absolute Gasteiger partial charge is 0.469 e. The van der Waals surface area contributed by atoms with E-state index >= 15 is 0 Å². The lowest BCUT2D eigenvalue weighted by Crippen LogP contribution is -2.37. The third-order valence-electron chi connectivity index (χ3n) is 2.73. The fraction of sp³-hybridized carbons (Fsp3) is 0.417. The number of hydrogen-bond acceptors (Lipinski definition) is 3. The fourth-order valence-corrected chi connectivity index (χ4v) is 2.10. The van der Waals surface area contributed by atoms with E-state index in [9.17, 15) is 4.79 Å². The molecule has 0 bridgehead atoms. The maximum atomic E-state index is 11.6. The summed E-state index contributed by atoms with van der Waals surface area (Å²) in [5.74, 6) is -0.374. The highest BCUT2D eigenvalue weighted by Crippen LogP contribution is 2.34. The summed E-state index contributed by atoms with van der Waals surface area (Å²) in [7, 11) is 1.34. The van der Waals surface area contributed by atoms with Gasteiger partial charge in [-0.1, -0.05) is 23.2 Å². The van der Waals surface area contributed by atoms with E-state index < -0.39 is 11.5 Å². The molecule has 0 aliphatic heterocycles. The summed E-state index contributed by atoms with van der Waals surface area (Å²) < 4.78 is 4.73. The molecule has 0 aromatic heterocycles. The Morgan fingerprint density at radius 2 is 1.76 bits per heavy atom. The number of nitrogens with two attached hydrogens (primary N) is 1. The van der Waals surface area contributed by atoms with Crippen molar-refractivity contribution in [2.24, 2.45) is 11.1 Å². The minimum atomic E-state index is -0.844. The number of benzene rings is 1. The van der Waals surface area contributed by atoms with Crippen LogP contribution < -0.4 is 5.73 Å². The molecule has 0 fully saturated rings. The summed E-state index contributed by atoms with van der Waals surface area (Å²) in [5, 5.41) is 0.979. The lowest BCUT2D eigenvalue weighted by Gasteiger charge is -2.29. The van der Waals surface area contributed by atoms with Gasteiger partial charge in [0.05, 0.1) is 12.5 Å². The van der Waals surface area contributed by atoms with Gasteiger partial charge in [-0.25, -0.2) is 0 Å². The number of ether oxygens (including phenoxy) is 1. The summed E-state index contributed by atoms with van der Waals surface area (Å²) in [6, 6.07) is 4.47. The average molecular weight is 276 g/mol. The molecule has 0 saturated heterocycles. The smallest absolute Gasteiger partial charge is 0.313 e. The van der Waals surface area contributed by atoms with Crippen molar-refractivity contribution >= 4 is 29.2 Å². The van der Waals surface area contributed by atoms with Gasteiger partial charge < -0.3 is 10.5 Å². The monoisotopic (exact) mass is 275 g/mol. The van der Waals surface area contributed by atoms with Crippen LogP contribution in [0.1, 0.15) is 25.5 Å². The predicted molar refractivity (Wildman–Crippen MR) is 69.2 cm³/mol. The molecule has 0 heterocycles. The Hall–Kier alpha value is -0.770. The van der Waals surface area contributed by atoms with Gasteiger partial charge in [0.2, 0.25) is 0 Å². The van der Waals surface area contributed by atoms with Crippen molar-refractivity contribution in [3.63, 3.8) is 0 Å². The summed E-state index contributed by atoms with van der Waals surface area (Å²) in [6.45, 7) is 3.44. The van der Waals surface area contributed by atoms with Gasteiger partial charge in [0, 0.05) is 16.1 Å². The Kier molecular flexibility index (Phi) is 4.42. The van der Waals surface area contributed by atoms with Crippen LogP contribution in [0.25, 0.3) is 0 Å². The first-order valence-corrected chi connectivity index (χ1v) is 5.84. The van der Waals surface area contributed by atoms with Crippen molar-refractivity contribution in [2.75, 3.05) is 7.11 Å². The zero-order valence-corrected chi connectivity index (χ0v) is 11.5. The van der Waals surface area contributed by atoms with E-state index in [4.69, 9.17) is 33.7 Å². The van der Waals surface area contributed by atoms with Gasteiger partial charge in [0.15, 0.2) is 0 Å². The van der Waals surface area contributed by atoms with Gasteiger partial charge in [0.25, 0.3) is 0 Å². The van der Waals surface area contributed by atoms with Gasteiger partial charge >= 0.3 is 5.97 Å². The number of methoxy groups -OCH3 is 1. The van der Waals surface area contributed by atoms with E-state index in [-0.39, 0.29) is 5.97 Å². The topological polar surface area (TPSA) is 52.3 Å². The zero-order valence-electron chi connectivity index (χ0n) is 9.96. The van der Waals surface area contributed by atoms with Crippen LogP contribution in [-0.4, -0.2) is 13.1 Å². The first kappa shape index (κ1) is 14.3. The van der Waals surface area contributed by atoms with Gasteiger partial charge in [-0.05, 0) is 37.6 Å². The Morgan fingerprint density at radius 3 is 2.18 bits per heavy atom. The van der Waals surface area contributed by atoms with Crippen molar-refractivity contribution in [2.45, 2.75) is 19.9 Å². The molecule has 0 radical (unpaired) electrons. The molecule has 1 rings (SSSR count). The van der Waals surface area contributed by atoms with Crippen LogP contribution >= 0.6 is 23.2 Å². The second-order valence-corrected chi connectivity index (χ2v) is 5.27. The fourth-order valence-electron chi connectivity index (χ4n) is 1.56. The van der Waals surface area contributed by atoms with Crippen LogP contribution in [0.15, 0.2) is 18.2 Å². The molecule has 0 unspecified atom stereocenters. The van der Waals surface area contributed by atoms with Gasteiger partial charge in [-0.3, -0.25) is 4.79 Å². The molecule has 5 heteroatoms. The maximum absolute atomic E-state index is 11.6. The van der Waals surface area contributed by atoms with Crippen molar-refractivity contribution < 1.29 is 9.53 Å². The molecule has 0 spiro atoms. The molecule has 1 aromatic carbocycles. The Labute approximate surface area is 111 Å². The van der Waals surface area contributed by atoms with Crippen molar-refractivity contribution in [3.05, 3.63) is 33.8 Å². The highest BCUT2D eigenvalue weighted by molar-refractivity contribution is 6.34. The highest BCUT2D eigenvalue weighted by Gasteiger charge is 2.36. The SMILES string of the molecule is COC(=O)C(C)(C)[C@@H](N)c1cc(Cl)cc(Cl)c1. The van der Waals surface area contributed by atoms with Crippen molar-refractivity contribution in [1.82, 2.24) is 0 Å².